The summed E-state index contributed by atoms with van der Waals surface area (Å²) < 4.78 is 0. The summed E-state index contributed by atoms with van der Waals surface area (Å²) in [5.74, 6) is -0.514. The number of hydrogen-bond donors (Lipinski definition) is 1. The molecule has 1 N–H and O–H groups in total. The molecule has 1 unspecified atom stereocenters. The Labute approximate surface area is 129 Å². The van der Waals surface area contributed by atoms with Crippen LogP contribution in [0.1, 0.15) is 41.6 Å². The fourth-order valence-corrected chi connectivity index (χ4v) is 2.90. The summed E-state index contributed by atoms with van der Waals surface area (Å²) in [6.45, 7) is 3.27. The number of carboxylic acid groups (broad SMARTS) is 1. The Bertz CT molecular complexity index is 544. The van der Waals surface area contributed by atoms with Crippen LogP contribution >= 0.6 is 11.6 Å². The van der Waals surface area contributed by atoms with E-state index < -0.39 is 5.97 Å². The Kier molecular flexibility index (Phi) is 5.23. The van der Waals surface area contributed by atoms with E-state index in [0.717, 1.165) is 24.9 Å². The van der Waals surface area contributed by atoms with Crippen molar-refractivity contribution in [3.05, 3.63) is 34.3 Å². The average molecular weight is 310 g/mol. The zero-order chi connectivity index (χ0) is 15.4. The number of benzene rings is 1. The number of carboxylic acids is 1. The predicted octanol–water partition coefficient (Wildman–Crippen LogP) is 3.37. The number of piperidine rings is 1. The van der Waals surface area contributed by atoms with Crippen molar-refractivity contribution in [3.8, 4) is 0 Å². The number of carbonyl (C=O) groups is 2. The SMILES string of the molecule is Cc1ccc(C(=O)N2CCCC(CCC(=O)O)C2)cc1Cl. The molecule has 0 aromatic heterocycles. The van der Waals surface area contributed by atoms with Gasteiger partial charge in [0.05, 0.1) is 0 Å². The van der Waals surface area contributed by atoms with Crippen LogP contribution in [0, 0.1) is 12.8 Å². The number of halogens is 1. The molecule has 114 valence electrons. The second-order valence-corrected chi connectivity index (χ2v) is 6.06. The van der Waals surface area contributed by atoms with Gasteiger partial charge in [-0.2, -0.15) is 0 Å². The monoisotopic (exact) mass is 309 g/mol. The van der Waals surface area contributed by atoms with Crippen molar-refractivity contribution in [1.82, 2.24) is 4.90 Å². The van der Waals surface area contributed by atoms with Gasteiger partial charge in [0.2, 0.25) is 0 Å². The van der Waals surface area contributed by atoms with Crippen LogP contribution in [-0.4, -0.2) is 35.0 Å². The summed E-state index contributed by atoms with van der Waals surface area (Å²) in [6, 6.07) is 5.35. The van der Waals surface area contributed by atoms with Crippen LogP contribution in [0.15, 0.2) is 18.2 Å². The minimum atomic E-state index is -0.774. The van der Waals surface area contributed by atoms with Gasteiger partial charge in [0.25, 0.3) is 5.91 Å². The maximum Gasteiger partial charge on any atom is 0.303 e. The molecule has 5 heteroatoms. The summed E-state index contributed by atoms with van der Waals surface area (Å²) in [7, 11) is 0. The van der Waals surface area contributed by atoms with Gasteiger partial charge >= 0.3 is 5.97 Å². The van der Waals surface area contributed by atoms with E-state index in [1.54, 1.807) is 12.1 Å². The number of rotatable bonds is 4. The van der Waals surface area contributed by atoms with Crippen LogP contribution in [0.4, 0.5) is 0 Å². The molecule has 1 aliphatic rings. The molecule has 1 atom stereocenters. The van der Waals surface area contributed by atoms with E-state index in [1.807, 2.05) is 17.9 Å². The first-order valence-corrected chi connectivity index (χ1v) is 7.62. The van der Waals surface area contributed by atoms with E-state index in [0.29, 0.717) is 23.6 Å². The van der Waals surface area contributed by atoms with E-state index in [9.17, 15) is 9.59 Å². The van der Waals surface area contributed by atoms with Gasteiger partial charge in [-0.15, -0.1) is 0 Å². The lowest BCUT2D eigenvalue weighted by atomic mass is 9.93. The molecular weight excluding hydrogens is 290 g/mol. The third kappa shape index (κ3) is 4.21. The van der Waals surface area contributed by atoms with E-state index in [-0.39, 0.29) is 18.2 Å². The van der Waals surface area contributed by atoms with Crippen LogP contribution in [0.5, 0.6) is 0 Å². The van der Waals surface area contributed by atoms with Crippen molar-refractivity contribution >= 4 is 23.5 Å². The van der Waals surface area contributed by atoms with Gasteiger partial charge in [0, 0.05) is 30.1 Å². The van der Waals surface area contributed by atoms with Crippen LogP contribution in [0.2, 0.25) is 5.02 Å². The highest BCUT2D eigenvalue weighted by Crippen LogP contribution is 2.24. The molecule has 0 aliphatic carbocycles. The van der Waals surface area contributed by atoms with Crippen molar-refractivity contribution in [2.45, 2.75) is 32.6 Å². The highest BCUT2D eigenvalue weighted by atomic mass is 35.5. The molecule has 1 aromatic carbocycles. The van der Waals surface area contributed by atoms with Crippen molar-refractivity contribution in [1.29, 1.82) is 0 Å². The lowest BCUT2D eigenvalue weighted by Crippen LogP contribution is -2.40. The zero-order valence-corrected chi connectivity index (χ0v) is 12.9. The molecule has 4 nitrogen and oxygen atoms in total. The number of hydrogen-bond acceptors (Lipinski definition) is 2. The van der Waals surface area contributed by atoms with Crippen LogP contribution in [-0.2, 0) is 4.79 Å². The van der Waals surface area contributed by atoms with Crippen LogP contribution in [0.3, 0.4) is 0 Å². The molecule has 1 heterocycles. The molecule has 0 saturated carbocycles. The number of carbonyl (C=O) groups excluding carboxylic acids is 1. The van der Waals surface area contributed by atoms with E-state index in [2.05, 4.69) is 0 Å². The minimum Gasteiger partial charge on any atom is -0.481 e. The normalized spacial score (nSPS) is 18.6. The fraction of sp³-hybridized carbons (Fsp3) is 0.500. The van der Waals surface area contributed by atoms with Crippen molar-refractivity contribution in [2.75, 3.05) is 13.1 Å². The number of aliphatic carboxylic acids is 1. The van der Waals surface area contributed by atoms with Gasteiger partial charge in [0.15, 0.2) is 0 Å². The number of amides is 1. The molecule has 1 aliphatic heterocycles. The second kappa shape index (κ2) is 6.94. The minimum absolute atomic E-state index is 0.0167. The molecule has 2 rings (SSSR count). The smallest absolute Gasteiger partial charge is 0.303 e. The van der Waals surface area contributed by atoms with Gasteiger partial charge in [-0.25, -0.2) is 0 Å². The third-order valence-electron chi connectivity index (χ3n) is 3.99. The van der Waals surface area contributed by atoms with Gasteiger partial charge in [-0.3, -0.25) is 9.59 Å². The average Bonchev–Trinajstić information content (AvgIpc) is 2.47. The van der Waals surface area contributed by atoms with Crippen molar-refractivity contribution in [3.63, 3.8) is 0 Å². The molecule has 1 aromatic rings. The fourth-order valence-electron chi connectivity index (χ4n) is 2.72. The first-order valence-electron chi connectivity index (χ1n) is 7.24. The quantitative estimate of drug-likeness (QED) is 0.927. The maximum atomic E-state index is 12.5. The molecule has 1 saturated heterocycles. The first kappa shape index (κ1) is 15.8. The molecule has 0 spiro atoms. The van der Waals surface area contributed by atoms with Gasteiger partial charge in [-0.1, -0.05) is 17.7 Å². The van der Waals surface area contributed by atoms with E-state index >= 15 is 0 Å². The Balaban J connectivity index is 2.01. The maximum absolute atomic E-state index is 12.5. The molecular formula is C16H20ClNO3. The molecule has 0 bridgehead atoms. The lowest BCUT2D eigenvalue weighted by molar-refractivity contribution is -0.137. The number of aryl methyl sites for hydroxylation is 1. The number of nitrogens with zero attached hydrogens (tertiary/aromatic N) is 1. The second-order valence-electron chi connectivity index (χ2n) is 5.66. The first-order chi connectivity index (χ1) is 9.97. The Morgan fingerprint density at radius 1 is 1.43 bits per heavy atom. The largest absolute Gasteiger partial charge is 0.481 e. The molecule has 21 heavy (non-hydrogen) atoms. The van der Waals surface area contributed by atoms with E-state index in [4.69, 9.17) is 16.7 Å². The summed E-state index contributed by atoms with van der Waals surface area (Å²) in [5, 5.41) is 9.36. The lowest BCUT2D eigenvalue weighted by Gasteiger charge is -2.32. The summed E-state index contributed by atoms with van der Waals surface area (Å²) in [6.07, 6.45) is 2.72. The highest BCUT2D eigenvalue weighted by molar-refractivity contribution is 6.31. The summed E-state index contributed by atoms with van der Waals surface area (Å²) in [4.78, 5) is 25.0. The zero-order valence-electron chi connectivity index (χ0n) is 12.1. The number of likely N-dealkylation sites (tertiary alicyclic amines) is 1. The summed E-state index contributed by atoms with van der Waals surface area (Å²) >= 11 is 6.07. The van der Waals surface area contributed by atoms with Gasteiger partial charge in [0.1, 0.15) is 0 Å². The molecule has 1 amide bonds. The highest BCUT2D eigenvalue weighted by Gasteiger charge is 2.25. The Hall–Kier alpha value is -1.55. The Morgan fingerprint density at radius 2 is 2.19 bits per heavy atom. The topological polar surface area (TPSA) is 57.6 Å². The van der Waals surface area contributed by atoms with Crippen LogP contribution in [0.25, 0.3) is 0 Å². The molecule has 0 radical (unpaired) electrons. The van der Waals surface area contributed by atoms with Crippen LogP contribution < -0.4 is 0 Å². The van der Waals surface area contributed by atoms with Gasteiger partial charge < -0.3 is 10.0 Å². The standard InChI is InChI=1S/C16H20ClNO3/c1-11-4-6-13(9-14(11)17)16(21)18-8-2-3-12(10-18)5-7-15(19)20/h4,6,9,12H,2-3,5,7-8,10H2,1H3,(H,19,20). The van der Waals surface area contributed by atoms with E-state index in [1.165, 1.54) is 0 Å². The third-order valence-corrected chi connectivity index (χ3v) is 4.40. The summed E-state index contributed by atoms with van der Waals surface area (Å²) in [5.41, 5.74) is 1.55. The molecule has 1 fully saturated rings. The van der Waals surface area contributed by atoms with Gasteiger partial charge in [-0.05, 0) is 49.8 Å². The van der Waals surface area contributed by atoms with Crippen molar-refractivity contribution < 1.29 is 14.7 Å². The predicted molar refractivity (Wildman–Crippen MR) is 81.7 cm³/mol. The Morgan fingerprint density at radius 3 is 2.86 bits per heavy atom. The van der Waals surface area contributed by atoms with Crippen molar-refractivity contribution in [2.24, 2.45) is 5.92 Å².